The first kappa shape index (κ1) is 19.4. The van der Waals surface area contributed by atoms with Crippen molar-refractivity contribution in [3.8, 4) is 0 Å². The van der Waals surface area contributed by atoms with E-state index in [0.717, 1.165) is 15.3 Å². The quantitative estimate of drug-likeness (QED) is 0.578. The average Bonchev–Trinajstić information content (AvgIpc) is 3.30. The summed E-state index contributed by atoms with van der Waals surface area (Å²) in [6.07, 6.45) is 1.28. The smallest absolute Gasteiger partial charge is 0.286 e. The van der Waals surface area contributed by atoms with Gasteiger partial charge < -0.3 is 4.98 Å². The Hall–Kier alpha value is -1.34. The molecule has 0 spiro atoms. The molecule has 0 aromatic carbocycles. The number of amides is 2. The van der Waals surface area contributed by atoms with Crippen molar-refractivity contribution in [1.82, 2.24) is 20.1 Å². The van der Waals surface area contributed by atoms with E-state index in [1.54, 1.807) is 23.9 Å². The number of aromatic nitrogens is 1. The molecule has 12 heteroatoms. The maximum absolute atomic E-state index is 12.6. The molecule has 3 N–H and O–H groups in total. The lowest BCUT2D eigenvalue weighted by Crippen LogP contribution is -2.41. The number of H-pyrrole nitrogens is 1. The van der Waals surface area contributed by atoms with Crippen LogP contribution in [0.2, 0.25) is 0 Å². The summed E-state index contributed by atoms with van der Waals surface area (Å²) in [7, 11) is -3.63. The third-order valence-corrected chi connectivity index (χ3v) is 8.04. The van der Waals surface area contributed by atoms with Crippen LogP contribution in [0.1, 0.15) is 20.2 Å². The topological polar surface area (TPSA) is 111 Å². The number of sulfonamides is 1. The highest BCUT2D eigenvalue weighted by Crippen LogP contribution is 2.22. The van der Waals surface area contributed by atoms with E-state index in [-0.39, 0.29) is 10.6 Å². The maximum Gasteiger partial charge on any atom is 0.286 e. The van der Waals surface area contributed by atoms with Crippen molar-refractivity contribution in [1.29, 1.82) is 0 Å². The number of hydrogen-bond donors (Lipinski definition) is 3. The molecule has 0 bridgehead atoms. The molecule has 0 atom stereocenters. The summed E-state index contributed by atoms with van der Waals surface area (Å²) in [5, 5.41) is 0. The number of thioether (sulfide) groups is 1. The van der Waals surface area contributed by atoms with Crippen molar-refractivity contribution in [3.05, 3.63) is 38.8 Å². The molecule has 0 aliphatic carbocycles. The van der Waals surface area contributed by atoms with Crippen LogP contribution in [0.3, 0.4) is 0 Å². The van der Waals surface area contributed by atoms with Crippen molar-refractivity contribution in [2.24, 2.45) is 0 Å². The molecule has 2 aromatic heterocycles. The van der Waals surface area contributed by atoms with E-state index in [2.05, 4.69) is 31.8 Å². The van der Waals surface area contributed by atoms with Gasteiger partial charge in [-0.05, 0) is 34.1 Å². The number of carbonyl (C=O) groups excluding carboxylic acids is 2. The molecule has 0 radical (unpaired) electrons. The first-order valence-corrected chi connectivity index (χ1v) is 11.7. The van der Waals surface area contributed by atoms with E-state index in [1.807, 2.05) is 0 Å². The van der Waals surface area contributed by atoms with Gasteiger partial charge in [-0.25, -0.2) is 8.42 Å². The highest BCUT2D eigenvalue weighted by atomic mass is 79.9. The molecule has 26 heavy (non-hydrogen) atoms. The molecule has 1 aliphatic heterocycles. The lowest BCUT2D eigenvalue weighted by molar-refractivity contribution is 0.0846. The van der Waals surface area contributed by atoms with Crippen LogP contribution in [0.5, 0.6) is 0 Å². The molecular weight excluding hydrogens is 464 g/mol. The Balaban J connectivity index is 1.63. The van der Waals surface area contributed by atoms with Gasteiger partial charge in [-0.3, -0.25) is 20.4 Å². The number of aromatic amines is 1. The predicted molar refractivity (Wildman–Crippen MR) is 104 cm³/mol. The second-order valence-electron chi connectivity index (χ2n) is 5.28. The van der Waals surface area contributed by atoms with Crippen molar-refractivity contribution in [2.75, 3.05) is 24.6 Å². The van der Waals surface area contributed by atoms with Gasteiger partial charge in [0.2, 0.25) is 10.0 Å². The molecule has 3 heterocycles. The average molecular weight is 479 g/mol. The van der Waals surface area contributed by atoms with Gasteiger partial charge >= 0.3 is 0 Å². The van der Waals surface area contributed by atoms with Crippen LogP contribution in [0, 0.1) is 0 Å². The monoisotopic (exact) mass is 478 g/mol. The van der Waals surface area contributed by atoms with Crippen LogP contribution in [0.4, 0.5) is 0 Å². The molecule has 0 saturated carbocycles. The maximum atomic E-state index is 12.6. The summed E-state index contributed by atoms with van der Waals surface area (Å²) in [6.45, 7) is 0.901. The number of carbonyl (C=O) groups is 2. The highest BCUT2D eigenvalue weighted by Gasteiger charge is 2.27. The normalized spacial score (nSPS) is 15.6. The molecular formula is C14H15BrN4O4S3. The van der Waals surface area contributed by atoms with Gasteiger partial charge in [0.05, 0.1) is 8.66 Å². The van der Waals surface area contributed by atoms with Crippen LogP contribution in [0.15, 0.2) is 33.1 Å². The van der Waals surface area contributed by atoms with Crippen LogP contribution < -0.4 is 10.9 Å². The Kier molecular flexibility index (Phi) is 6.07. The molecule has 1 fully saturated rings. The molecule has 140 valence electrons. The third-order valence-electron chi connectivity index (χ3n) is 3.60. The van der Waals surface area contributed by atoms with Crippen LogP contribution >= 0.6 is 39.0 Å². The number of thiophene rings is 1. The zero-order valence-corrected chi connectivity index (χ0v) is 17.4. The third kappa shape index (κ3) is 4.31. The Morgan fingerprint density at radius 3 is 2.50 bits per heavy atom. The predicted octanol–water partition coefficient (Wildman–Crippen LogP) is 1.65. The zero-order chi connectivity index (χ0) is 18.7. The molecule has 3 rings (SSSR count). The van der Waals surface area contributed by atoms with Gasteiger partial charge in [0, 0.05) is 30.8 Å². The number of nitrogens with one attached hydrogen (secondary N) is 3. The van der Waals surface area contributed by atoms with Crippen LogP contribution in [-0.4, -0.2) is 54.1 Å². The SMILES string of the molecule is O=C(NNC(=O)c1ccc(Br)s1)c1cc(S(=O)(=O)N2CCSCC2)c[nH]1. The van der Waals surface area contributed by atoms with Crippen LogP contribution in [0.25, 0.3) is 0 Å². The summed E-state index contributed by atoms with van der Waals surface area (Å²) >= 11 is 6.19. The summed E-state index contributed by atoms with van der Waals surface area (Å²) in [4.78, 5) is 27.1. The lowest BCUT2D eigenvalue weighted by Gasteiger charge is -2.24. The number of hydrazine groups is 1. The van der Waals surface area contributed by atoms with Crippen molar-refractivity contribution < 1.29 is 18.0 Å². The van der Waals surface area contributed by atoms with Gasteiger partial charge in [-0.1, -0.05) is 0 Å². The molecule has 8 nitrogen and oxygen atoms in total. The Morgan fingerprint density at radius 2 is 1.85 bits per heavy atom. The minimum Gasteiger partial charge on any atom is -0.356 e. The molecule has 1 aliphatic rings. The molecule has 1 saturated heterocycles. The van der Waals surface area contributed by atoms with Gasteiger partial charge in [0.1, 0.15) is 10.6 Å². The largest absolute Gasteiger partial charge is 0.356 e. The fourth-order valence-corrected chi connectivity index (χ4v) is 6.12. The minimum atomic E-state index is -3.63. The second kappa shape index (κ2) is 8.13. The van der Waals surface area contributed by atoms with E-state index >= 15 is 0 Å². The van der Waals surface area contributed by atoms with Crippen molar-refractivity contribution >= 4 is 60.9 Å². The highest BCUT2D eigenvalue weighted by molar-refractivity contribution is 9.11. The first-order valence-electron chi connectivity index (χ1n) is 7.50. The van der Waals surface area contributed by atoms with Gasteiger partial charge in [0.15, 0.2) is 0 Å². The number of nitrogens with zero attached hydrogens (tertiary/aromatic N) is 1. The minimum absolute atomic E-state index is 0.0306. The summed E-state index contributed by atoms with van der Waals surface area (Å²) in [5.41, 5.74) is 4.60. The van der Waals surface area contributed by atoms with E-state index in [1.165, 1.54) is 27.9 Å². The second-order valence-corrected chi connectivity index (χ2v) is 10.9. The Morgan fingerprint density at radius 1 is 1.15 bits per heavy atom. The van der Waals surface area contributed by atoms with Gasteiger partial charge in [0.25, 0.3) is 11.8 Å². The summed E-state index contributed by atoms with van der Waals surface area (Å²) < 4.78 is 27.3. The van der Waals surface area contributed by atoms with E-state index in [9.17, 15) is 18.0 Å². The number of hydrogen-bond acceptors (Lipinski definition) is 6. The fraction of sp³-hybridized carbons (Fsp3) is 0.286. The summed E-state index contributed by atoms with van der Waals surface area (Å²) in [6, 6.07) is 4.61. The molecule has 2 amide bonds. The Bertz CT molecular complexity index is 918. The number of rotatable bonds is 4. The van der Waals surface area contributed by atoms with E-state index in [4.69, 9.17) is 0 Å². The van der Waals surface area contributed by atoms with Gasteiger partial charge in [-0.15, -0.1) is 11.3 Å². The van der Waals surface area contributed by atoms with E-state index < -0.39 is 21.8 Å². The standard InChI is InChI=1S/C14H15BrN4O4S3/c15-12-2-1-11(25-12)14(21)18-17-13(20)10-7-9(8-16-10)26(22,23)19-3-5-24-6-4-19/h1-2,7-8,16H,3-6H2,(H,17,20)(H,18,21). The molecule has 2 aromatic rings. The lowest BCUT2D eigenvalue weighted by atomic mass is 10.4. The van der Waals surface area contributed by atoms with E-state index in [0.29, 0.717) is 18.0 Å². The zero-order valence-electron chi connectivity index (χ0n) is 13.3. The fourth-order valence-electron chi connectivity index (χ4n) is 2.27. The van der Waals surface area contributed by atoms with Crippen LogP contribution in [-0.2, 0) is 10.0 Å². The molecule has 0 unspecified atom stereocenters. The van der Waals surface area contributed by atoms with Gasteiger partial charge in [-0.2, -0.15) is 16.1 Å². The van der Waals surface area contributed by atoms with Crippen molar-refractivity contribution in [2.45, 2.75) is 4.90 Å². The summed E-state index contributed by atoms with van der Waals surface area (Å²) in [5.74, 6) is 0.410. The first-order chi connectivity index (χ1) is 12.4. The number of halogens is 1. The Labute approximate surface area is 166 Å². The van der Waals surface area contributed by atoms with Crippen molar-refractivity contribution in [3.63, 3.8) is 0 Å².